The highest BCUT2D eigenvalue weighted by Gasteiger charge is 2.18. The van der Waals surface area contributed by atoms with Crippen LogP contribution in [0, 0.1) is 5.82 Å². The second-order valence-electron chi connectivity index (χ2n) is 4.61. The number of halogens is 2. The van der Waals surface area contributed by atoms with E-state index in [1.807, 2.05) is 6.07 Å². The maximum absolute atomic E-state index is 13.6. The fourth-order valence-electron chi connectivity index (χ4n) is 2.24. The van der Waals surface area contributed by atoms with Gasteiger partial charge in [-0.3, -0.25) is 0 Å². The van der Waals surface area contributed by atoms with Crippen LogP contribution in [0.3, 0.4) is 0 Å². The van der Waals surface area contributed by atoms with Crippen LogP contribution in [0.4, 0.5) is 4.39 Å². The van der Waals surface area contributed by atoms with Gasteiger partial charge >= 0.3 is 0 Å². The molecule has 0 aliphatic carbocycles. The number of hydrogen-bond acceptors (Lipinski definition) is 2. The van der Waals surface area contributed by atoms with E-state index in [1.54, 1.807) is 6.07 Å². The van der Waals surface area contributed by atoms with Crippen molar-refractivity contribution in [3.05, 3.63) is 34.1 Å². The maximum atomic E-state index is 13.6. The van der Waals surface area contributed by atoms with Crippen LogP contribution in [0.25, 0.3) is 0 Å². The Kier molecular flexibility index (Phi) is 4.54. The molecule has 17 heavy (non-hydrogen) atoms. The van der Waals surface area contributed by atoms with Crippen LogP contribution in [0.1, 0.15) is 12.0 Å². The summed E-state index contributed by atoms with van der Waals surface area (Å²) >= 11 is 3.38. The summed E-state index contributed by atoms with van der Waals surface area (Å²) in [5, 5.41) is 3.38. The molecular weight excluding hydrogens is 283 g/mol. The Morgan fingerprint density at radius 2 is 2.35 bits per heavy atom. The topological polar surface area (TPSA) is 15.3 Å². The number of benzene rings is 1. The lowest BCUT2D eigenvalue weighted by molar-refractivity contribution is 0.190. The van der Waals surface area contributed by atoms with Crippen molar-refractivity contribution in [1.82, 2.24) is 10.2 Å². The maximum Gasteiger partial charge on any atom is 0.126 e. The summed E-state index contributed by atoms with van der Waals surface area (Å²) in [6, 6.07) is 5.67. The van der Waals surface area contributed by atoms with Crippen molar-refractivity contribution in [2.24, 2.45) is 0 Å². The van der Waals surface area contributed by atoms with Crippen molar-refractivity contribution in [1.29, 1.82) is 0 Å². The number of nitrogens with one attached hydrogen (secondary N) is 1. The number of likely N-dealkylation sites (N-methyl/N-ethyl adjacent to an activating group) is 1. The normalized spacial score (nSPS) is 21.7. The molecule has 1 N–H and O–H groups in total. The van der Waals surface area contributed by atoms with Crippen LogP contribution in [-0.4, -0.2) is 37.6 Å². The Balaban J connectivity index is 1.94. The summed E-state index contributed by atoms with van der Waals surface area (Å²) in [5.41, 5.74) is 0.804. The molecule has 2 nitrogen and oxygen atoms in total. The molecule has 0 amide bonds. The highest BCUT2D eigenvalue weighted by atomic mass is 79.9. The van der Waals surface area contributed by atoms with Gasteiger partial charge in [-0.25, -0.2) is 4.39 Å². The molecule has 1 aromatic rings. The van der Waals surface area contributed by atoms with Gasteiger partial charge in [-0.05, 0) is 43.7 Å². The van der Waals surface area contributed by atoms with Gasteiger partial charge in [0.15, 0.2) is 0 Å². The van der Waals surface area contributed by atoms with Crippen LogP contribution in [0.15, 0.2) is 22.7 Å². The fraction of sp³-hybridized carbons (Fsp3) is 0.538. The molecule has 0 aromatic heterocycles. The number of piperazine rings is 1. The summed E-state index contributed by atoms with van der Waals surface area (Å²) in [6.45, 7) is 3.13. The lowest BCUT2D eigenvalue weighted by Gasteiger charge is -2.33. The zero-order valence-electron chi connectivity index (χ0n) is 10.0. The Bertz CT molecular complexity index is 384. The van der Waals surface area contributed by atoms with E-state index in [1.165, 1.54) is 6.07 Å². The van der Waals surface area contributed by atoms with E-state index in [2.05, 4.69) is 33.2 Å². The zero-order chi connectivity index (χ0) is 12.3. The molecule has 1 aromatic carbocycles. The highest BCUT2D eigenvalue weighted by molar-refractivity contribution is 9.10. The molecule has 1 aliphatic heterocycles. The average Bonchev–Trinajstić information content (AvgIpc) is 2.32. The van der Waals surface area contributed by atoms with E-state index < -0.39 is 0 Å². The van der Waals surface area contributed by atoms with E-state index in [0.29, 0.717) is 6.04 Å². The van der Waals surface area contributed by atoms with Crippen molar-refractivity contribution < 1.29 is 4.39 Å². The number of rotatable bonds is 3. The lowest BCUT2D eigenvalue weighted by Crippen LogP contribution is -2.49. The molecule has 1 saturated heterocycles. The van der Waals surface area contributed by atoms with Gasteiger partial charge in [0.1, 0.15) is 5.82 Å². The second-order valence-corrected chi connectivity index (χ2v) is 5.53. The van der Waals surface area contributed by atoms with Crippen LogP contribution in [0.5, 0.6) is 0 Å². The number of hydrogen-bond donors (Lipinski definition) is 1. The molecule has 1 fully saturated rings. The van der Waals surface area contributed by atoms with Crippen molar-refractivity contribution >= 4 is 15.9 Å². The molecular formula is C13H18BrFN2. The molecule has 2 rings (SSSR count). The van der Waals surface area contributed by atoms with Gasteiger partial charge in [0.25, 0.3) is 0 Å². The van der Waals surface area contributed by atoms with Gasteiger partial charge in [-0.15, -0.1) is 0 Å². The van der Waals surface area contributed by atoms with Gasteiger partial charge in [0.05, 0.1) is 0 Å². The quantitative estimate of drug-likeness (QED) is 0.922. The van der Waals surface area contributed by atoms with E-state index in [0.717, 1.165) is 42.5 Å². The van der Waals surface area contributed by atoms with E-state index >= 15 is 0 Å². The van der Waals surface area contributed by atoms with E-state index in [4.69, 9.17) is 0 Å². The summed E-state index contributed by atoms with van der Waals surface area (Å²) in [6.07, 6.45) is 1.79. The lowest BCUT2D eigenvalue weighted by atomic mass is 10.0. The minimum absolute atomic E-state index is 0.0976. The largest absolute Gasteiger partial charge is 0.314 e. The monoisotopic (exact) mass is 300 g/mol. The molecule has 0 saturated carbocycles. The van der Waals surface area contributed by atoms with Crippen molar-refractivity contribution in [2.45, 2.75) is 18.9 Å². The van der Waals surface area contributed by atoms with Crippen molar-refractivity contribution in [3.63, 3.8) is 0 Å². The Labute approximate surface area is 110 Å². The van der Waals surface area contributed by atoms with Crippen LogP contribution < -0.4 is 5.32 Å². The van der Waals surface area contributed by atoms with Gasteiger partial charge in [0.2, 0.25) is 0 Å². The molecule has 0 spiro atoms. The van der Waals surface area contributed by atoms with Crippen LogP contribution in [0.2, 0.25) is 0 Å². The predicted octanol–water partition coefficient (Wildman–Crippen LogP) is 2.42. The summed E-state index contributed by atoms with van der Waals surface area (Å²) < 4.78 is 14.5. The summed E-state index contributed by atoms with van der Waals surface area (Å²) in [7, 11) is 2.14. The third-order valence-electron chi connectivity index (χ3n) is 3.40. The van der Waals surface area contributed by atoms with Gasteiger partial charge in [0, 0.05) is 30.1 Å². The molecule has 1 unspecified atom stereocenters. The highest BCUT2D eigenvalue weighted by Crippen LogP contribution is 2.18. The third kappa shape index (κ3) is 3.50. The third-order valence-corrected chi connectivity index (χ3v) is 3.89. The van der Waals surface area contributed by atoms with Crippen molar-refractivity contribution in [3.8, 4) is 0 Å². The molecule has 1 atom stereocenters. The number of nitrogens with zero attached hydrogens (tertiary/aromatic N) is 1. The van der Waals surface area contributed by atoms with Crippen LogP contribution in [-0.2, 0) is 6.42 Å². The SMILES string of the molecule is CN1CCNCC1CCc1cc(Br)ccc1F. The van der Waals surface area contributed by atoms with Crippen molar-refractivity contribution in [2.75, 3.05) is 26.7 Å². The minimum atomic E-state index is -0.0976. The Hall–Kier alpha value is -0.450. The molecule has 94 valence electrons. The van der Waals surface area contributed by atoms with Gasteiger partial charge < -0.3 is 10.2 Å². The smallest absolute Gasteiger partial charge is 0.126 e. The molecule has 0 radical (unpaired) electrons. The van der Waals surface area contributed by atoms with Crippen LogP contribution >= 0.6 is 15.9 Å². The predicted molar refractivity (Wildman–Crippen MR) is 71.7 cm³/mol. The minimum Gasteiger partial charge on any atom is -0.314 e. The van der Waals surface area contributed by atoms with Gasteiger partial charge in [-0.2, -0.15) is 0 Å². The standard InChI is InChI=1S/C13H18BrFN2/c1-17-7-6-16-9-12(17)4-2-10-8-11(14)3-5-13(10)15/h3,5,8,12,16H,2,4,6-7,9H2,1H3. The van der Waals surface area contributed by atoms with E-state index in [-0.39, 0.29) is 5.82 Å². The Morgan fingerprint density at radius 1 is 1.53 bits per heavy atom. The average molecular weight is 301 g/mol. The molecule has 4 heteroatoms. The van der Waals surface area contributed by atoms with E-state index in [9.17, 15) is 4.39 Å². The first kappa shape index (κ1) is 13.0. The first-order valence-electron chi connectivity index (χ1n) is 6.01. The summed E-state index contributed by atoms with van der Waals surface area (Å²) in [4.78, 5) is 2.35. The molecule has 1 aliphatic rings. The summed E-state index contributed by atoms with van der Waals surface area (Å²) in [5.74, 6) is -0.0976. The second kappa shape index (κ2) is 5.94. The number of aryl methyl sites for hydroxylation is 1. The first-order chi connectivity index (χ1) is 8.16. The zero-order valence-corrected chi connectivity index (χ0v) is 11.6. The molecule has 0 bridgehead atoms. The fourth-order valence-corrected chi connectivity index (χ4v) is 2.65. The Morgan fingerprint density at radius 3 is 3.12 bits per heavy atom. The first-order valence-corrected chi connectivity index (χ1v) is 6.81. The molecule has 1 heterocycles. The van der Waals surface area contributed by atoms with Gasteiger partial charge in [-0.1, -0.05) is 15.9 Å².